The second kappa shape index (κ2) is 9.98. The minimum Gasteiger partial charge on any atom is -0.489 e. The first-order chi connectivity index (χ1) is 14.8. The maximum Gasteiger partial charge on any atom is 0.188 e. The molecule has 3 aromatic rings. The summed E-state index contributed by atoms with van der Waals surface area (Å²) in [6.07, 6.45) is 0. The average molecular weight is 416 g/mol. The Morgan fingerprint density at radius 1 is 0.968 bits per heavy atom. The molecular formula is C27H29NO3. The molecule has 160 valence electrons. The maximum absolute atomic E-state index is 12.0. The number of hydrogen-bond acceptors (Lipinski definition) is 4. The van der Waals surface area contributed by atoms with Crippen LogP contribution in [0.25, 0.3) is 0 Å². The third kappa shape index (κ3) is 5.76. The molecule has 31 heavy (non-hydrogen) atoms. The number of benzene rings is 3. The molecule has 0 aliphatic carbocycles. The highest BCUT2D eigenvalue weighted by atomic mass is 16.5. The highest BCUT2D eigenvalue weighted by molar-refractivity contribution is 5.96. The van der Waals surface area contributed by atoms with E-state index in [4.69, 9.17) is 9.47 Å². The number of hydrogen-bond donors (Lipinski definition) is 0. The van der Waals surface area contributed by atoms with Crippen LogP contribution in [-0.2, 0) is 13.2 Å². The number of rotatable bonds is 9. The van der Waals surface area contributed by atoms with E-state index in [0.717, 1.165) is 39.3 Å². The number of ether oxygens (including phenoxy) is 2. The van der Waals surface area contributed by atoms with Crippen molar-refractivity contribution in [3.05, 3.63) is 107 Å². The van der Waals surface area contributed by atoms with Crippen LogP contribution in [0.1, 0.15) is 39.5 Å². The standard InChI is InChI=1S/C27H29NO3/c1-19-10-6-7-15-26(19)31-22(4)28(5)17-23-12-9-14-25(16-23)30-18-24-13-8-11-20(2)27(24)21(3)29/h6-16H,4,17-18H2,1-3,5H3. The smallest absolute Gasteiger partial charge is 0.188 e. The summed E-state index contributed by atoms with van der Waals surface area (Å²) >= 11 is 0. The number of carbonyl (C=O) groups excluding carboxylic acids is 1. The Morgan fingerprint density at radius 2 is 1.68 bits per heavy atom. The Morgan fingerprint density at radius 3 is 2.42 bits per heavy atom. The third-order valence-corrected chi connectivity index (χ3v) is 5.17. The number of carbonyl (C=O) groups is 1. The van der Waals surface area contributed by atoms with Gasteiger partial charge in [-0.15, -0.1) is 0 Å². The fraction of sp³-hybridized carbons (Fsp3) is 0.222. The van der Waals surface area contributed by atoms with E-state index in [2.05, 4.69) is 6.58 Å². The Bertz CT molecular complexity index is 1090. The molecule has 0 fully saturated rings. The number of Topliss-reactive ketones (excluding diaryl/α,β-unsaturated/α-hetero) is 1. The molecule has 0 aliphatic heterocycles. The zero-order valence-electron chi connectivity index (χ0n) is 18.6. The quantitative estimate of drug-likeness (QED) is 0.314. The van der Waals surface area contributed by atoms with Gasteiger partial charge in [-0.25, -0.2) is 0 Å². The van der Waals surface area contributed by atoms with E-state index < -0.39 is 0 Å². The summed E-state index contributed by atoms with van der Waals surface area (Å²) in [6.45, 7) is 10.6. The van der Waals surface area contributed by atoms with Gasteiger partial charge in [0.2, 0.25) is 0 Å². The fourth-order valence-corrected chi connectivity index (χ4v) is 3.49. The van der Waals surface area contributed by atoms with Gasteiger partial charge >= 0.3 is 0 Å². The molecule has 0 heterocycles. The Labute approximate surface area is 184 Å². The molecule has 0 aromatic heterocycles. The molecule has 0 saturated carbocycles. The predicted octanol–water partition coefficient (Wildman–Crippen LogP) is 6.07. The average Bonchev–Trinajstić information content (AvgIpc) is 2.73. The lowest BCUT2D eigenvalue weighted by Gasteiger charge is -2.22. The summed E-state index contributed by atoms with van der Waals surface area (Å²) in [5.74, 6) is 2.19. The van der Waals surface area contributed by atoms with Gasteiger partial charge in [0.25, 0.3) is 0 Å². The minimum absolute atomic E-state index is 0.0549. The van der Waals surface area contributed by atoms with Gasteiger partial charge in [0.1, 0.15) is 18.1 Å². The lowest BCUT2D eigenvalue weighted by atomic mass is 9.99. The van der Waals surface area contributed by atoms with Crippen LogP contribution in [0.3, 0.4) is 0 Å². The van der Waals surface area contributed by atoms with Crippen molar-refractivity contribution in [3.8, 4) is 11.5 Å². The second-order valence-corrected chi connectivity index (χ2v) is 7.72. The van der Waals surface area contributed by atoms with E-state index in [1.807, 2.05) is 92.5 Å². The molecule has 0 N–H and O–H groups in total. The number of nitrogens with zero attached hydrogens (tertiary/aromatic N) is 1. The molecule has 0 radical (unpaired) electrons. The summed E-state index contributed by atoms with van der Waals surface area (Å²) in [4.78, 5) is 14.0. The van der Waals surface area contributed by atoms with Crippen molar-refractivity contribution in [1.29, 1.82) is 0 Å². The first-order valence-corrected chi connectivity index (χ1v) is 10.3. The Hall–Kier alpha value is -3.53. The van der Waals surface area contributed by atoms with Crippen molar-refractivity contribution in [3.63, 3.8) is 0 Å². The Kier molecular flexibility index (Phi) is 7.14. The van der Waals surface area contributed by atoms with Crippen molar-refractivity contribution < 1.29 is 14.3 Å². The van der Waals surface area contributed by atoms with E-state index in [9.17, 15) is 4.79 Å². The monoisotopic (exact) mass is 415 g/mol. The van der Waals surface area contributed by atoms with Gasteiger partial charge < -0.3 is 14.4 Å². The first kappa shape index (κ1) is 22.2. The molecule has 0 saturated heterocycles. The SMILES string of the molecule is C=C(Oc1ccccc1C)N(C)Cc1cccc(OCc2cccc(C)c2C(C)=O)c1. The van der Waals surface area contributed by atoms with E-state index in [1.165, 1.54) is 0 Å². The van der Waals surface area contributed by atoms with Gasteiger partial charge in [-0.1, -0.05) is 48.5 Å². The highest BCUT2D eigenvalue weighted by Gasteiger charge is 2.11. The number of aryl methyl sites for hydroxylation is 2. The van der Waals surface area contributed by atoms with Crippen molar-refractivity contribution in [2.24, 2.45) is 0 Å². The van der Waals surface area contributed by atoms with Crippen LogP contribution < -0.4 is 9.47 Å². The van der Waals surface area contributed by atoms with Gasteiger partial charge in [-0.2, -0.15) is 0 Å². The van der Waals surface area contributed by atoms with Gasteiger partial charge in [-0.3, -0.25) is 4.79 Å². The molecule has 0 atom stereocenters. The molecule has 0 bridgehead atoms. The van der Waals surface area contributed by atoms with Gasteiger partial charge in [0, 0.05) is 24.7 Å². The van der Waals surface area contributed by atoms with Crippen LogP contribution in [0.15, 0.2) is 79.2 Å². The molecule has 0 unspecified atom stereocenters. The van der Waals surface area contributed by atoms with Crippen molar-refractivity contribution in [2.75, 3.05) is 7.05 Å². The second-order valence-electron chi connectivity index (χ2n) is 7.72. The van der Waals surface area contributed by atoms with E-state index in [0.29, 0.717) is 19.0 Å². The summed E-state index contributed by atoms with van der Waals surface area (Å²) in [5.41, 5.74) is 4.74. The third-order valence-electron chi connectivity index (χ3n) is 5.17. The topological polar surface area (TPSA) is 38.8 Å². The van der Waals surface area contributed by atoms with Gasteiger partial charge in [0.15, 0.2) is 11.7 Å². The van der Waals surface area contributed by atoms with E-state index in [1.54, 1.807) is 6.92 Å². The highest BCUT2D eigenvalue weighted by Crippen LogP contribution is 2.22. The van der Waals surface area contributed by atoms with Crippen molar-refractivity contribution in [2.45, 2.75) is 33.9 Å². The fourth-order valence-electron chi connectivity index (χ4n) is 3.49. The van der Waals surface area contributed by atoms with Crippen LogP contribution in [0, 0.1) is 13.8 Å². The number of para-hydroxylation sites is 1. The molecule has 0 amide bonds. The minimum atomic E-state index is 0.0549. The summed E-state index contributed by atoms with van der Waals surface area (Å²) in [7, 11) is 1.94. The zero-order valence-corrected chi connectivity index (χ0v) is 18.6. The lowest BCUT2D eigenvalue weighted by molar-refractivity contribution is 0.101. The first-order valence-electron chi connectivity index (χ1n) is 10.3. The summed E-state index contributed by atoms with van der Waals surface area (Å²) < 4.78 is 11.9. The van der Waals surface area contributed by atoms with Gasteiger partial charge in [0.05, 0.1) is 0 Å². The number of ketones is 1. The van der Waals surface area contributed by atoms with Crippen molar-refractivity contribution >= 4 is 5.78 Å². The molecule has 4 heteroatoms. The van der Waals surface area contributed by atoms with Crippen LogP contribution in [0.2, 0.25) is 0 Å². The van der Waals surface area contributed by atoms with Crippen LogP contribution in [0.4, 0.5) is 0 Å². The maximum atomic E-state index is 12.0. The van der Waals surface area contributed by atoms with Crippen LogP contribution in [0.5, 0.6) is 11.5 Å². The summed E-state index contributed by atoms with van der Waals surface area (Å²) in [6, 6.07) is 21.6. The predicted molar refractivity (Wildman–Crippen MR) is 124 cm³/mol. The van der Waals surface area contributed by atoms with Crippen LogP contribution in [-0.4, -0.2) is 17.7 Å². The molecule has 3 aromatic carbocycles. The molecule has 4 nitrogen and oxygen atoms in total. The van der Waals surface area contributed by atoms with E-state index >= 15 is 0 Å². The summed E-state index contributed by atoms with van der Waals surface area (Å²) in [5, 5.41) is 0. The van der Waals surface area contributed by atoms with Crippen LogP contribution >= 0.6 is 0 Å². The molecule has 0 spiro atoms. The Balaban J connectivity index is 1.64. The lowest BCUT2D eigenvalue weighted by Crippen LogP contribution is -2.20. The molecule has 0 aliphatic rings. The van der Waals surface area contributed by atoms with Crippen molar-refractivity contribution in [1.82, 2.24) is 4.90 Å². The zero-order chi connectivity index (χ0) is 22.4. The normalized spacial score (nSPS) is 10.5. The van der Waals surface area contributed by atoms with E-state index in [-0.39, 0.29) is 5.78 Å². The largest absolute Gasteiger partial charge is 0.489 e. The molecule has 3 rings (SSSR count). The van der Waals surface area contributed by atoms with Gasteiger partial charge in [-0.05, 0) is 62.2 Å². The molecular weight excluding hydrogens is 386 g/mol.